The molecule has 3 aromatic rings. The van der Waals surface area contributed by atoms with Crippen molar-refractivity contribution in [2.75, 3.05) is 54.7 Å². The van der Waals surface area contributed by atoms with Gasteiger partial charge in [0, 0.05) is 24.2 Å². The molecule has 0 unspecified atom stereocenters. The van der Waals surface area contributed by atoms with Gasteiger partial charge in [-0.25, -0.2) is 8.42 Å². The molecular formula is C28H37Cl2N5O8S. The van der Waals surface area contributed by atoms with Gasteiger partial charge in [0.05, 0.1) is 33.3 Å². The van der Waals surface area contributed by atoms with Gasteiger partial charge >= 0.3 is 0 Å². The lowest BCUT2D eigenvalue weighted by Gasteiger charge is -2.24. The zero-order valence-electron chi connectivity index (χ0n) is 24.6. The normalized spacial score (nSPS) is 10.6. The van der Waals surface area contributed by atoms with Crippen LogP contribution in [0.2, 0.25) is 0 Å². The number of hydrogen-bond donors (Lipinski definition) is 4. The standard InChI is InChI=1S/C28H35N5O8S.2ClH/c1-36-21-14-18(27(29)30)15-22(37-2)25(21)40-12-10-33(42(34,35)20-8-6-5-7-9-20)11-13-41-26-23(38-3)16-19(28(31)32)17-24(26)39-4;;/h5-9,14-17H,10-13H2,1-4H3,(H3,29,30)(H3,31,32);2*1H. The molecule has 0 amide bonds. The van der Waals surface area contributed by atoms with Crippen molar-refractivity contribution >= 4 is 46.5 Å². The minimum atomic E-state index is -3.95. The summed E-state index contributed by atoms with van der Waals surface area (Å²) in [6.07, 6.45) is 0. The first kappa shape index (κ1) is 37.9. The first-order chi connectivity index (χ1) is 20.1. The number of rotatable bonds is 16. The third kappa shape index (κ3) is 8.95. The predicted octanol–water partition coefficient (Wildman–Crippen LogP) is 3.28. The van der Waals surface area contributed by atoms with Gasteiger partial charge < -0.3 is 39.9 Å². The Bertz CT molecular complexity index is 1400. The van der Waals surface area contributed by atoms with Crippen LogP contribution in [-0.4, -0.2) is 79.1 Å². The monoisotopic (exact) mass is 673 g/mol. The van der Waals surface area contributed by atoms with E-state index in [0.717, 1.165) is 0 Å². The number of nitrogen functional groups attached to an aromatic ring is 2. The molecule has 0 atom stereocenters. The van der Waals surface area contributed by atoms with Gasteiger partial charge in [0.1, 0.15) is 24.9 Å². The topological polar surface area (TPSA) is 192 Å². The summed E-state index contributed by atoms with van der Waals surface area (Å²) in [7, 11) is 1.77. The summed E-state index contributed by atoms with van der Waals surface area (Å²) in [5, 5.41) is 15.4. The Balaban J connectivity index is 0.00000484. The number of nitrogens with zero attached hydrogens (tertiary/aromatic N) is 1. The highest BCUT2D eigenvalue weighted by Crippen LogP contribution is 2.39. The van der Waals surface area contributed by atoms with E-state index in [1.165, 1.54) is 69.1 Å². The first-order valence-electron chi connectivity index (χ1n) is 12.6. The Labute approximate surface area is 269 Å². The van der Waals surface area contributed by atoms with E-state index >= 15 is 0 Å². The summed E-state index contributed by atoms with van der Waals surface area (Å²) in [5.41, 5.74) is 12.0. The molecule has 3 rings (SSSR count). The van der Waals surface area contributed by atoms with Gasteiger partial charge in [-0.3, -0.25) is 10.8 Å². The molecule has 13 nitrogen and oxygen atoms in total. The molecule has 0 spiro atoms. The maximum Gasteiger partial charge on any atom is 0.243 e. The molecule has 3 aromatic carbocycles. The fourth-order valence-electron chi connectivity index (χ4n) is 3.95. The highest BCUT2D eigenvalue weighted by Gasteiger charge is 2.26. The average Bonchev–Trinajstić information content (AvgIpc) is 2.99. The molecule has 16 heteroatoms. The predicted molar refractivity (Wildman–Crippen MR) is 172 cm³/mol. The zero-order chi connectivity index (χ0) is 30.9. The SMILES string of the molecule is COc1cc(C(=N)N)cc(OC)c1OCCN(CCOc1c(OC)cc(C(=N)N)cc1OC)S(=O)(=O)c1ccccc1.Cl.Cl. The number of hydrogen-bond acceptors (Lipinski definition) is 10. The van der Waals surface area contributed by atoms with E-state index in [4.69, 9.17) is 50.7 Å². The molecule has 0 radical (unpaired) electrons. The van der Waals surface area contributed by atoms with E-state index in [2.05, 4.69) is 0 Å². The zero-order valence-corrected chi connectivity index (χ0v) is 27.1. The van der Waals surface area contributed by atoms with Crippen molar-refractivity contribution in [3.05, 3.63) is 65.7 Å². The van der Waals surface area contributed by atoms with E-state index in [0.29, 0.717) is 11.1 Å². The maximum atomic E-state index is 13.6. The summed E-state index contributed by atoms with van der Waals surface area (Å²) < 4.78 is 61.9. The van der Waals surface area contributed by atoms with Crippen LogP contribution in [0.1, 0.15) is 11.1 Å². The van der Waals surface area contributed by atoms with Gasteiger partial charge in [-0.05, 0) is 36.4 Å². The van der Waals surface area contributed by atoms with Gasteiger partial charge in [0.2, 0.25) is 21.5 Å². The summed E-state index contributed by atoms with van der Waals surface area (Å²) in [6, 6.07) is 14.1. The fourth-order valence-corrected chi connectivity index (χ4v) is 5.38. The third-order valence-corrected chi connectivity index (χ3v) is 8.01. The van der Waals surface area contributed by atoms with Crippen molar-refractivity contribution in [2.24, 2.45) is 11.5 Å². The van der Waals surface area contributed by atoms with Crippen molar-refractivity contribution in [2.45, 2.75) is 4.90 Å². The van der Waals surface area contributed by atoms with E-state index in [-0.39, 0.29) is 102 Å². The second-order valence-electron chi connectivity index (χ2n) is 8.66. The summed E-state index contributed by atoms with van der Waals surface area (Å²) >= 11 is 0. The number of benzene rings is 3. The molecule has 0 aliphatic heterocycles. The molecule has 0 saturated carbocycles. The van der Waals surface area contributed by atoms with Gasteiger partial charge in [-0.15, -0.1) is 24.8 Å². The van der Waals surface area contributed by atoms with Gasteiger partial charge in [-0.2, -0.15) is 4.31 Å². The van der Waals surface area contributed by atoms with Crippen LogP contribution in [0.15, 0.2) is 59.5 Å². The number of sulfonamides is 1. The second-order valence-corrected chi connectivity index (χ2v) is 10.6. The van der Waals surface area contributed by atoms with Crippen LogP contribution in [0.4, 0.5) is 0 Å². The lowest BCUT2D eigenvalue weighted by atomic mass is 10.1. The van der Waals surface area contributed by atoms with Crippen LogP contribution in [0.3, 0.4) is 0 Å². The molecule has 0 saturated heterocycles. The molecule has 44 heavy (non-hydrogen) atoms. The Morgan fingerprint density at radius 3 is 1.32 bits per heavy atom. The first-order valence-corrected chi connectivity index (χ1v) is 14.0. The van der Waals surface area contributed by atoms with E-state index in [1.54, 1.807) is 18.2 Å². The lowest BCUT2D eigenvalue weighted by molar-refractivity contribution is 0.219. The summed E-state index contributed by atoms with van der Waals surface area (Å²) in [5.74, 6) is 1.20. The summed E-state index contributed by atoms with van der Waals surface area (Å²) in [4.78, 5) is 0.104. The highest BCUT2D eigenvalue weighted by atomic mass is 35.5. The van der Waals surface area contributed by atoms with Crippen molar-refractivity contribution in [1.82, 2.24) is 4.31 Å². The van der Waals surface area contributed by atoms with Gasteiger partial charge in [0.15, 0.2) is 23.0 Å². The number of nitrogens with two attached hydrogens (primary N) is 2. The minimum Gasteiger partial charge on any atom is -0.493 e. The average molecular weight is 675 g/mol. The second kappa shape index (κ2) is 17.3. The smallest absolute Gasteiger partial charge is 0.243 e. The van der Waals surface area contributed by atoms with E-state index in [1.807, 2.05) is 0 Å². The van der Waals surface area contributed by atoms with Crippen molar-refractivity contribution in [3.8, 4) is 34.5 Å². The van der Waals surface area contributed by atoms with Crippen LogP contribution in [0.5, 0.6) is 34.5 Å². The largest absolute Gasteiger partial charge is 0.493 e. The molecule has 0 fully saturated rings. The lowest BCUT2D eigenvalue weighted by Crippen LogP contribution is -2.37. The van der Waals surface area contributed by atoms with Gasteiger partial charge in [0.25, 0.3) is 0 Å². The van der Waals surface area contributed by atoms with E-state index in [9.17, 15) is 8.42 Å². The van der Waals surface area contributed by atoms with E-state index < -0.39 is 10.0 Å². The van der Waals surface area contributed by atoms with Crippen LogP contribution in [-0.2, 0) is 10.0 Å². The molecule has 6 N–H and O–H groups in total. The molecule has 0 heterocycles. The summed E-state index contributed by atoms with van der Waals surface area (Å²) in [6.45, 7) is -0.256. The molecule has 0 aliphatic rings. The van der Waals surface area contributed by atoms with Crippen molar-refractivity contribution in [1.29, 1.82) is 10.8 Å². The molecule has 0 aliphatic carbocycles. The molecular weight excluding hydrogens is 637 g/mol. The Kier molecular flexibility index (Phi) is 14.9. The Morgan fingerprint density at radius 1 is 0.682 bits per heavy atom. The number of methoxy groups -OCH3 is 4. The van der Waals surface area contributed by atoms with Gasteiger partial charge in [-0.1, -0.05) is 18.2 Å². The maximum absolute atomic E-state index is 13.6. The molecule has 242 valence electrons. The Morgan fingerprint density at radius 2 is 1.02 bits per heavy atom. The molecule has 0 bridgehead atoms. The Hall–Kier alpha value is -4.11. The highest BCUT2D eigenvalue weighted by molar-refractivity contribution is 7.89. The van der Waals surface area contributed by atoms with Crippen molar-refractivity contribution in [3.63, 3.8) is 0 Å². The number of amidine groups is 2. The third-order valence-electron chi connectivity index (χ3n) is 6.10. The quantitative estimate of drug-likeness (QED) is 0.129. The van der Waals surface area contributed by atoms with Crippen LogP contribution in [0.25, 0.3) is 0 Å². The number of nitrogens with one attached hydrogen (secondary N) is 2. The number of halogens is 2. The minimum absolute atomic E-state index is 0. The van der Waals surface area contributed by atoms with Crippen LogP contribution < -0.4 is 39.9 Å². The number of ether oxygens (including phenoxy) is 6. The fraction of sp³-hybridized carbons (Fsp3) is 0.286. The van der Waals surface area contributed by atoms with Crippen LogP contribution >= 0.6 is 24.8 Å². The van der Waals surface area contributed by atoms with Crippen molar-refractivity contribution < 1.29 is 36.8 Å². The van der Waals surface area contributed by atoms with Crippen LogP contribution in [0, 0.1) is 10.8 Å². The molecule has 0 aromatic heterocycles.